The van der Waals surface area contributed by atoms with E-state index in [1.165, 1.54) is 0 Å². The zero-order chi connectivity index (χ0) is 16.3. The summed E-state index contributed by atoms with van der Waals surface area (Å²) in [5.74, 6) is -0.120. The van der Waals surface area contributed by atoms with Gasteiger partial charge in [0.1, 0.15) is 0 Å². The van der Waals surface area contributed by atoms with Gasteiger partial charge in [0.2, 0.25) is 0 Å². The predicted molar refractivity (Wildman–Crippen MR) is 95.5 cm³/mol. The number of anilines is 2. The molecule has 4 nitrogen and oxygen atoms in total. The predicted octanol–water partition coefficient (Wildman–Crippen LogP) is 3.52. The van der Waals surface area contributed by atoms with Gasteiger partial charge >= 0.3 is 0 Å². The number of hydrogen-bond acceptors (Lipinski definition) is 2. The molecule has 0 saturated heterocycles. The zero-order valence-corrected chi connectivity index (χ0v) is 13.7. The van der Waals surface area contributed by atoms with Gasteiger partial charge in [-0.05, 0) is 68.4 Å². The van der Waals surface area contributed by atoms with E-state index in [9.17, 15) is 4.79 Å². The third-order valence-electron chi connectivity index (χ3n) is 3.32. The van der Waals surface area contributed by atoms with Crippen LogP contribution in [-0.4, -0.2) is 11.0 Å². The smallest absolute Gasteiger partial charge is 0.255 e. The first-order valence-corrected chi connectivity index (χ1v) is 7.33. The molecule has 22 heavy (non-hydrogen) atoms. The number of carbonyl (C=O) groups is 1. The van der Waals surface area contributed by atoms with E-state index in [4.69, 9.17) is 18.0 Å². The second-order valence-electron chi connectivity index (χ2n) is 5.30. The van der Waals surface area contributed by atoms with Crippen molar-refractivity contribution in [3.05, 3.63) is 58.7 Å². The number of hydrogen-bond donors (Lipinski definition) is 3. The number of nitrogens with two attached hydrogens (primary N) is 1. The Bertz CT molecular complexity index is 717. The van der Waals surface area contributed by atoms with Gasteiger partial charge in [0, 0.05) is 16.9 Å². The van der Waals surface area contributed by atoms with E-state index >= 15 is 0 Å². The van der Waals surface area contributed by atoms with Crippen LogP contribution in [0.3, 0.4) is 0 Å². The quantitative estimate of drug-likeness (QED) is 0.759. The van der Waals surface area contributed by atoms with Crippen LogP contribution in [0.4, 0.5) is 11.4 Å². The van der Waals surface area contributed by atoms with Crippen LogP contribution in [0.15, 0.2) is 36.4 Å². The lowest BCUT2D eigenvalue weighted by Gasteiger charge is -2.14. The Morgan fingerprint density at radius 2 is 1.68 bits per heavy atom. The highest BCUT2D eigenvalue weighted by atomic mass is 32.1. The van der Waals surface area contributed by atoms with Crippen LogP contribution in [0, 0.1) is 20.8 Å². The van der Waals surface area contributed by atoms with Crippen molar-refractivity contribution in [3.63, 3.8) is 0 Å². The molecule has 0 aliphatic heterocycles. The molecule has 0 aliphatic rings. The normalized spacial score (nSPS) is 10.1. The first-order chi connectivity index (χ1) is 10.4. The van der Waals surface area contributed by atoms with Gasteiger partial charge in [0.25, 0.3) is 5.91 Å². The van der Waals surface area contributed by atoms with Gasteiger partial charge in [-0.3, -0.25) is 4.79 Å². The van der Waals surface area contributed by atoms with Crippen molar-refractivity contribution in [1.29, 1.82) is 0 Å². The van der Waals surface area contributed by atoms with Crippen LogP contribution in [0.2, 0.25) is 0 Å². The maximum Gasteiger partial charge on any atom is 0.255 e. The Labute approximate surface area is 135 Å². The van der Waals surface area contributed by atoms with Crippen molar-refractivity contribution in [2.75, 3.05) is 10.6 Å². The molecule has 0 bridgehead atoms. The fourth-order valence-electron chi connectivity index (χ4n) is 2.35. The van der Waals surface area contributed by atoms with Gasteiger partial charge in [-0.15, -0.1) is 0 Å². The van der Waals surface area contributed by atoms with Crippen molar-refractivity contribution in [1.82, 2.24) is 0 Å². The van der Waals surface area contributed by atoms with E-state index in [1.807, 2.05) is 51.1 Å². The van der Waals surface area contributed by atoms with Crippen LogP contribution in [0.5, 0.6) is 0 Å². The first kappa shape index (κ1) is 16.0. The van der Waals surface area contributed by atoms with Gasteiger partial charge in [-0.25, -0.2) is 0 Å². The summed E-state index contributed by atoms with van der Waals surface area (Å²) >= 11 is 4.84. The fraction of sp³-hybridized carbons (Fsp3) is 0.176. The topological polar surface area (TPSA) is 67.2 Å². The molecule has 0 atom stereocenters. The highest BCUT2D eigenvalue weighted by molar-refractivity contribution is 7.80. The van der Waals surface area contributed by atoms with Gasteiger partial charge in [-0.2, -0.15) is 0 Å². The minimum Gasteiger partial charge on any atom is -0.376 e. The molecule has 0 unspecified atom stereocenters. The zero-order valence-electron chi connectivity index (χ0n) is 12.9. The van der Waals surface area contributed by atoms with Crippen LogP contribution in [-0.2, 0) is 0 Å². The lowest BCUT2D eigenvalue weighted by molar-refractivity contribution is 0.102. The van der Waals surface area contributed by atoms with Gasteiger partial charge in [0.15, 0.2) is 5.11 Å². The van der Waals surface area contributed by atoms with E-state index in [2.05, 4.69) is 10.6 Å². The molecule has 0 spiro atoms. The molecule has 0 radical (unpaired) electrons. The van der Waals surface area contributed by atoms with E-state index in [1.54, 1.807) is 6.07 Å². The summed E-state index contributed by atoms with van der Waals surface area (Å²) in [5.41, 5.74) is 10.7. The van der Waals surface area contributed by atoms with Crippen molar-refractivity contribution < 1.29 is 4.79 Å². The maximum absolute atomic E-state index is 12.4. The van der Waals surface area contributed by atoms with E-state index in [0.29, 0.717) is 5.56 Å². The summed E-state index contributed by atoms with van der Waals surface area (Å²) < 4.78 is 0. The summed E-state index contributed by atoms with van der Waals surface area (Å²) in [6.45, 7) is 5.83. The second-order valence-corrected chi connectivity index (χ2v) is 5.74. The lowest BCUT2D eigenvalue weighted by atomic mass is 10.1. The maximum atomic E-state index is 12.4. The lowest BCUT2D eigenvalue weighted by Crippen LogP contribution is -2.19. The number of aryl methyl sites for hydroxylation is 3. The molecule has 1 amide bonds. The van der Waals surface area contributed by atoms with Crippen molar-refractivity contribution >= 4 is 34.6 Å². The minimum atomic E-state index is -0.120. The summed E-state index contributed by atoms with van der Waals surface area (Å²) in [6.07, 6.45) is 0. The number of benzene rings is 2. The third-order valence-corrected chi connectivity index (χ3v) is 3.42. The molecule has 2 aromatic rings. The molecule has 2 rings (SSSR count). The van der Waals surface area contributed by atoms with Crippen LogP contribution >= 0.6 is 12.2 Å². The minimum absolute atomic E-state index is 0.120. The average molecular weight is 313 g/mol. The molecule has 0 aliphatic carbocycles. The molecule has 0 aromatic heterocycles. The molecular formula is C17H19N3OS. The molecule has 114 valence electrons. The number of rotatable bonds is 3. The SMILES string of the molecule is Cc1cccc(C(=O)Nc2c(C)cc(NC(N)=S)cc2C)c1. The highest BCUT2D eigenvalue weighted by Crippen LogP contribution is 2.25. The molecule has 5 heteroatoms. The Hall–Kier alpha value is -2.40. The number of carbonyl (C=O) groups excluding carboxylic acids is 1. The second kappa shape index (κ2) is 6.58. The molecule has 2 aromatic carbocycles. The van der Waals surface area contributed by atoms with E-state index in [-0.39, 0.29) is 11.0 Å². The van der Waals surface area contributed by atoms with Crippen molar-refractivity contribution in [2.45, 2.75) is 20.8 Å². The monoisotopic (exact) mass is 313 g/mol. The van der Waals surface area contributed by atoms with Gasteiger partial charge in [0.05, 0.1) is 0 Å². The number of thiocarbonyl (C=S) groups is 1. The fourth-order valence-corrected chi connectivity index (χ4v) is 2.46. The molecule has 0 fully saturated rings. The van der Waals surface area contributed by atoms with Crippen molar-refractivity contribution in [2.24, 2.45) is 5.73 Å². The highest BCUT2D eigenvalue weighted by Gasteiger charge is 2.11. The van der Waals surface area contributed by atoms with E-state index in [0.717, 1.165) is 28.1 Å². The molecule has 4 N–H and O–H groups in total. The Kier molecular flexibility index (Phi) is 4.78. The first-order valence-electron chi connectivity index (χ1n) is 6.92. The van der Waals surface area contributed by atoms with Gasteiger partial charge in [-0.1, -0.05) is 17.7 Å². The molecule has 0 saturated carbocycles. The summed E-state index contributed by atoms with van der Waals surface area (Å²) in [6, 6.07) is 11.3. The Balaban J connectivity index is 2.26. The summed E-state index contributed by atoms with van der Waals surface area (Å²) in [4.78, 5) is 12.4. The Morgan fingerprint density at radius 1 is 1.05 bits per heavy atom. The average Bonchev–Trinajstić information content (AvgIpc) is 2.42. The standard InChI is InChI=1S/C17H19N3OS/c1-10-5-4-6-13(7-10)16(21)20-15-11(2)8-14(9-12(15)3)19-17(18)22/h4-9H,1-3H3,(H,20,21)(H3,18,19,22). The van der Waals surface area contributed by atoms with E-state index < -0.39 is 0 Å². The van der Waals surface area contributed by atoms with Gasteiger partial charge < -0.3 is 16.4 Å². The van der Waals surface area contributed by atoms with Crippen LogP contribution in [0.1, 0.15) is 27.0 Å². The number of nitrogens with one attached hydrogen (secondary N) is 2. The Morgan fingerprint density at radius 3 is 2.23 bits per heavy atom. The molecule has 0 heterocycles. The third kappa shape index (κ3) is 3.83. The van der Waals surface area contributed by atoms with Crippen LogP contribution in [0.25, 0.3) is 0 Å². The summed E-state index contributed by atoms with van der Waals surface area (Å²) in [7, 11) is 0. The largest absolute Gasteiger partial charge is 0.376 e. The molecular weight excluding hydrogens is 294 g/mol. The van der Waals surface area contributed by atoms with Crippen LogP contribution < -0.4 is 16.4 Å². The number of amides is 1. The summed E-state index contributed by atoms with van der Waals surface area (Å²) in [5, 5.41) is 6.09. The van der Waals surface area contributed by atoms with Crippen molar-refractivity contribution in [3.8, 4) is 0 Å².